The molecule has 90 valence electrons. The molecule has 0 aliphatic heterocycles. The lowest BCUT2D eigenvalue weighted by atomic mass is 9.85. The molecule has 0 atom stereocenters. The second-order valence-electron chi connectivity index (χ2n) is 5.60. The highest BCUT2D eigenvalue weighted by molar-refractivity contribution is 5.86. The van der Waals surface area contributed by atoms with Crippen LogP contribution in [-0.4, -0.2) is 5.97 Å². The molecule has 17 heavy (non-hydrogen) atoms. The van der Waals surface area contributed by atoms with E-state index >= 15 is 0 Å². The number of hydrogen-bond acceptors (Lipinski definition) is 2. The number of aliphatic carboxylic acids is 1. The van der Waals surface area contributed by atoms with Crippen LogP contribution in [0.1, 0.15) is 43.9 Å². The lowest BCUT2D eigenvalue weighted by molar-refractivity contribution is -0.304. The van der Waals surface area contributed by atoms with E-state index in [1.54, 1.807) is 0 Å². The van der Waals surface area contributed by atoms with Gasteiger partial charge in [-0.15, -0.1) is 0 Å². The Kier molecular flexibility index (Phi) is 2.82. The first-order valence-corrected chi connectivity index (χ1v) is 5.90. The van der Waals surface area contributed by atoms with E-state index < -0.39 is 5.97 Å². The Bertz CT molecular complexity index is 490. The zero-order chi connectivity index (χ0) is 12.6. The van der Waals surface area contributed by atoms with Crippen LogP contribution in [-0.2, 0) is 16.6 Å². The largest absolute Gasteiger partial charge is 0.550 e. The van der Waals surface area contributed by atoms with Crippen molar-refractivity contribution < 1.29 is 9.90 Å². The van der Waals surface area contributed by atoms with Gasteiger partial charge in [0, 0.05) is 12.4 Å². The topological polar surface area (TPSA) is 40.1 Å². The summed E-state index contributed by atoms with van der Waals surface area (Å²) in [6.07, 6.45) is 2.84. The van der Waals surface area contributed by atoms with Gasteiger partial charge in [-0.1, -0.05) is 45.0 Å². The maximum absolute atomic E-state index is 10.7. The molecule has 0 radical (unpaired) electrons. The Morgan fingerprint density at radius 1 is 1.35 bits per heavy atom. The summed E-state index contributed by atoms with van der Waals surface area (Å²) in [6.45, 7) is 6.48. The number of rotatable bonds is 2. The third-order valence-corrected chi connectivity index (χ3v) is 3.23. The highest BCUT2D eigenvalue weighted by Gasteiger charge is 2.19. The van der Waals surface area contributed by atoms with Crippen molar-refractivity contribution in [1.29, 1.82) is 0 Å². The average molecular weight is 229 g/mol. The first-order valence-electron chi connectivity index (χ1n) is 5.90. The number of hydrogen-bond donors (Lipinski definition) is 0. The Morgan fingerprint density at radius 2 is 2.06 bits per heavy atom. The fourth-order valence-electron chi connectivity index (χ4n) is 2.19. The molecule has 0 aromatic heterocycles. The summed E-state index contributed by atoms with van der Waals surface area (Å²) in [5.74, 6) is -1.01. The van der Waals surface area contributed by atoms with Crippen LogP contribution in [0.2, 0.25) is 0 Å². The predicted molar refractivity (Wildman–Crippen MR) is 66.4 cm³/mol. The van der Waals surface area contributed by atoms with Gasteiger partial charge in [-0.3, -0.25) is 0 Å². The maximum Gasteiger partial charge on any atom is 0.0458 e. The van der Waals surface area contributed by atoms with Gasteiger partial charge in [-0.2, -0.15) is 0 Å². The van der Waals surface area contributed by atoms with Crippen molar-refractivity contribution in [2.45, 2.75) is 39.0 Å². The molecule has 1 aromatic rings. The van der Waals surface area contributed by atoms with Gasteiger partial charge < -0.3 is 9.90 Å². The Labute approximate surface area is 102 Å². The van der Waals surface area contributed by atoms with E-state index in [9.17, 15) is 9.90 Å². The minimum Gasteiger partial charge on any atom is -0.550 e. The van der Waals surface area contributed by atoms with Crippen molar-refractivity contribution >= 4 is 11.5 Å². The van der Waals surface area contributed by atoms with Gasteiger partial charge in [0.15, 0.2) is 0 Å². The summed E-state index contributed by atoms with van der Waals surface area (Å²) in [5, 5.41) is 10.7. The summed E-state index contributed by atoms with van der Waals surface area (Å²) in [4.78, 5) is 10.7. The average Bonchev–Trinajstić information content (AvgIpc) is 2.59. The van der Waals surface area contributed by atoms with Crippen molar-refractivity contribution in [3.8, 4) is 0 Å². The number of allylic oxidation sites excluding steroid dienone is 1. The molecule has 0 bridgehead atoms. The molecule has 0 spiro atoms. The quantitative estimate of drug-likeness (QED) is 0.778. The minimum atomic E-state index is -1.01. The Balaban J connectivity index is 2.38. The van der Waals surface area contributed by atoms with Gasteiger partial charge in [0.05, 0.1) is 0 Å². The van der Waals surface area contributed by atoms with Crippen molar-refractivity contribution in [2.24, 2.45) is 0 Å². The van der Waals surface area contributed by atoms with Gasteiger partial charge >= 0.3 is 0 Å². The van der Waals surface area contributed by atoms with E-state index in [1.165, 1.54) is 11.1 Å². The highest BCUT2D eigenvalue weighted by atomic mass is 16.4. The molecule has 0 amide bonds. The molecule has 0 saturated heterocycles. The molecule has 0 N–H and O–H groups in total. The van der Waals surface area contributed by atoms with Crippen molar-refractivity contribution in [3.63, 3.8) is 0 Å². The second-order valence-corrected chi connectivity index (χ2v) is 5.60. The molecule has 1 aliphatic rings. The van der Waals surface area contributed by atoms with E-state index in [0.717, 1.165) is 17.6 Å². The molecule has 2 heteroatoms. The molecule has 0 heterocycles. The van der Waals surface area contributed by atoms with E-state index in [1.807, 2.05) is 6.08 Å². The standard InChI is InChI=1S/C15H18O2/c1-15(2,3)12-7-6-10-4-5-11(8-14(16)17)13(10)9-12/h5-7,9H,4,8H2,1-3H3,(H,16,17)/p-1. The van der Waals surface area contributed by atoms with Gasteiger partial charge in [0.2, 0.25) is 0 Å². The van der Waals surface area contributed by atoms with Crippen LogP contribution in [0.5, 0.6) is 0 Å². The number of carbonyl (C=O) groups is 1. The smallest absolute Gasteiger partial charge is 0.0458 e. The lowest BCUT2D eigenvalue weighted by Crippen LogP contribution is -2.22. The van der Waals surface area contributed by atoms with Gasteiger partial charge in [-0.25, -0.2) is 0 Å². The molecule has 0 saturated carbocycles. The zero-order valence-electron chi connectivity index (χ0n) is 10.5. The molecule has 1 aliphatic carbocycles. The number of fused-ring (bicyclic) bond motifs is 1. The second kappa shape index (κ2) is 4.02. The SMILES string of the molecule is CC(C)(C)c1ccc2c(c1)C(CC(=O)[O-])=CC2. The first kappa shape index (κ1) is 11.9. The fraction of sp³-hybridized carbons (Fsp3) is 0.400. The molecule has 2 nitrogen and oxygen atoms in total. The van der Waals surface area contributed by atoms with Crippen LogP contribution in [0, 0.1) is 0 Å². The minimum absolute atomic E-state index is 0.0145. The molecule has 0 fully saturated rings. The van der Waals surface area contributed by atoms with Gasteiger partial charge in [0.1, 0.15) is 0 Å². The van der Waals surface area contributed by atoms with Crippen LogP contribution in [0.25, 0.3) is 5.57 Å². The number of benzene rings is 1. The Morgan fingerprint density at radius 3 is 2.65 bits per heavy atom. The van der Waals surface area contributed by atoms with E-state index in [-0.39, 0.29) is 11.8 Å². The molecular weight excluding hydrogens is 212 g/mol. The summed E-state index contributed by atoms with van der Waals surface area (Å²) in [6, 6.07) is 6.36. The van der Waals surface area contributed by atoms with Crippen LogP contribution in [0.4, 0.5) is 0 Å². The van der Waals surface area contributed by atoms with Crippen molar-refractivity contribution in [2.75, 3.05) is 0 Å². The van der Waals surface area contributed by atoms with E-state index in [2.05, 4.69) is 39.0 Å². The van der Waals surface area contributed by atoms with Crippen LogP contribution in [0.3, 0.4) is 0 Å². The lowest BCUT2D eigenvalue weighted by Gasteiger charge is -2.20. The zero-order valence-corrected chi connectivity index (χ0v) is 10.5. The van der Waals surface area contributed by atoms with Gasteiger partial charge in [0.25, 0.3) is 0 Å². The summed E-state index contributed by atoms with van der Waals surface area (Å²) < 4.78 is 0. The Hall–Kier alpha value is -1.57. The maximum atomic E-state index is 10.7. The van der Waals surface area contributed by atoms with Crippen LogP contribution < -0.4 is 5.11 Å². The summed E-state index contributed by atoms with van der Waals surface area (Å²) in [5.41, 5.74) is 4.52. The van der Waals surface area contributed by atoms with Gasteiger partial charge in [-0.05, 0) is 34.1 Å². The van der Waals surface area contributed by atoms with Crippen LogP contribution >= 0.6 is 0 Å². The fourth-order valence-corrected chi connectivity index (χ4v) is 2.19. The van der Waals surface area contributed by atoms with E-state index in [4.69, 9.17) is 0 Å². The van der Waals surface area contributed by atoms with E-state index in [0.29, 0.717) is 0 Å². The number of carbonyl (C=O) groups excluding carboxylic acids is 1. The molecule has 0 unspecified atom stereocenters. The van der Waals surface area contributed by atoms with Crippen molar-refractivity contribution in [1.82, 2.24) is 0 Å². The predicted octanol–water partition coefficient (Wildman–Crippen LogP) is 2.06. The monoisotopic (exact) mass is 229 g/mol. The molecule has 2 rings (SSSR count). The third kappa shape index (κ3) is 2.41. The molecule has 1 aromatic carbocycles. The van der Waals surface area contributed by atoms with Crippen molar-refractivity contribution in [3.05, 3.63) is 41.0 Å². The number of carboxylic acids is 1. The third-order valence-electron chi connectivity index (χ3n) is 3.23. The highest BCUT2D eigenvalue weighted by Crippen LogP contribution is 2.33. The number of carboxylic acid groups (broad SMARTS) is 1. The summed E-state index contributed by atoms with van der Waals surface area (Å²) in [7, 11) is 0. The van der Waals surface area contributed by atoms with Crippen LogP contribution in [0.15, 0.2) is 24.3 Å². The molecular formula is C15H17O2-. The summed E-state index contributed by atoms with van der Waals surface area (Å²) >= 11 is 0. The first-order chi connectivity index (χ1) is 7.88. The normalized spacial score (nSPS) is 14.4.